The van der Waals surface area contributed by atoms with Gasteiger partial charge in [0, 0.05) is 12.8 Å². The fourth-order valence-corrected chi connectivity index (χ4v) is 1.96. The highest BCUT2D eigenvalue weighted by Crippen LogP contribution is 2.01. The van der Waals surface area contributed by atoms with Crippen molar-refractivity contribution in [1.82, 2.24) is 31.3 Å². The van der Waals surface area contributed by atoms with Crippen molar-refractivity contribution in [2.45, 2.75) is 44.9 Å². The number of carboxylic acid groups (broad SMARTS) is 1. The normalized spacial score (nSPS) is 13.0. The molecule has 0 unspecified atom stereocenters. The van der Waals surface area contributed by atoms with Crippen LogP contribution in [0.25, 0.3) is 0 Å². The number of aromatic nitrogens is 4. The summed E-state index contributed by atoms with van der Waals surface area (Å²) in [5, 5.41) is 27.9. The predicted molar refractivity (Wildman–Crippen MR) is 78.6 cm³/mol. The number of aryl methyl sites for hydroxylation is 1. The molecule has 22 heavy (non-hydrogen) atoms. The van der Waals surface area contributed by atoms with E-state index in [-0.39, 0.29) is 11.6 Å². The second-order valence-corrected chi connectivity index (χ2v) is 4.79. The van der Waals surface area contributed by atoms with Crippen LogP contribution in [0.4, 0.5) is 0 Å². The lowest BCUT2D eigenvalue weighted by molar-refractivity contribution is -0.139. The van der Waals surface area contributed by atoms with Gasteiger partial charge in [-0.25, -0.2) is 4.79 Å². The smallest absolute Gasteiger partial charge is 0.326 e. The van der Waals surface area contributed by atoms with Crippen LogP contribution in [0.1, 0.15) is 32.0 Å². The number of hydrogen-bond acceptors (Lipinski definition) is 7. The number of rotatable bonds is 10. The van der Waals surface area contributed by atoms with Crippen molar-refractivity contribution < 1.29 is 19.4 Å². The number of H-pyrrole nitrogens is 1. The van der Waals surface area contributed by atoms with Crippen LogP contribution in [0.3, 0.4) is 0 Å². The van der Waals surface area contributed by atoms with Crippen LogP contribution in [-0.2, 0) is 20.7 Å². The summed E-state index contributed by atoms with van der Waals surface area (Å²) in [6, 6.07) is -0.793. The minimum atomic E-state index is -0.995. The average molecular weight is 330 g/mol. The summed E-state index contributed by atoms with van der Waals surface area (Å²) in [6.45, 7) is 2.16. The van der Waals surface area contributed by atoms with Gasteiger partial charge in [-0.05, 0) is 18.6 Å². The highest BCUT2D eigenvalue weighted by atomic mass is 32.1. The third-order valence-corrected chi connectivity index (χ3v) is 2.95. The topological polar surface area (TPSA) is 142 Å². The molecular formula is C11H18N6O4S. The van der Waals surface area contributed by atoms with Crippen LogP contribution in [0.5, 0.6) is 0 Å². The minimum Gasteiger partial charge on any atom is -0.480 e. The van der Waals surface area contributed by atoms with Gasteiger partial charge in [-0.15, -0.1) is 10.2 Å². The number of carboxylic acids is 1. The monoisotopic (exact) mass is 330 g/mol. The molecule has 0 radical (unpaired) electrons. The van der Waals surface area contributed by atoms with E-state index >= 15 is 0 Å². The number of ether oxygens (including phenoxy) is 1. The first-order valence-electron chi connectivity index (χ1n) is 6.68. The zero-order valence-electron chi connectivity index (χ0n) is 12.0. The van der Waals surface area contributed by atoms with E-state index in [4.69, 9.17) is 22.1 Å². The summed E-state index contributed by atoms with van der Waals surface area (Å²) in [6.07, 6.45) is 1.16. The second-order valence-electron chi connectivity index (χ2n) is 4.38. The number of thiocarbonyl (C=S) groups is 1. The Morgan fingerprint density at radius 3 is 2.82 bits per heavy atom. The molecule has 0 saturated heterocycles. The van der Waals surface area contributed by atoms with Crippen molar-refractivity contribution in [2.24, 2.45) is 0 Å². The Labute approximate surface area is 132 Å². The molecule has 1 aromatic rings. The van der Waals surface area contributed by atoms with Crippen molar-refractivity contribution in [2.75, 3.05) is 0 Å². The van der Waals surface area contributed by atoms with Gasteiger partial charge in [0.25, 0.3) is 6.47 Å². The zero-order chi connectivity index (χ0) is 16.4. The van der Waals surface area contributed by atoms with Crippen LogP contribution in [0, 0.1) is 0 Å². The van der Waals surface area contributed by atoms with Gasteiger partial charge in [-0.3, -0.25) is 4.79 Å². The van der Waals surface area contributed by atoms with Gasteiger partial charge in [0.1, 0.15) is 6.04 Å². The maximum absolute atomic E-state index is 11.1. The molecular weight excluding hydrogens is 312 g/mol. The highest BCUT2D eigenvalue weighted by Gasteiger charge is 2.19. The van der Waals surface area contributed by atoms with Gasteiger partial charge >= 0.3 is 5.97 Å². The Kier molecular flexibility index (Phi) is 7.75. The first-order chi connectivity index (χ1) is 10.6. The number of carbonyl (C=O) groups excluding carboxylic acids is 1. The number of nitrogens with zero attached hydrogens (tertiary/aromatic N) is 3. The lowest BCUT2D eigenvalue weighted by Crippen LogP contribution is -2.49. The Morgan fingerprint density at radius 2 is 2.27 bits per heavy atom. The van der Waals surface area contributed by atoms with Crippen molar-refractivity contribution in [3.8, 4) is 0 Å². The van der Waals surface area contributed by atoms with Gasteiger partial charge < -0.3 is 20.5 Å². The first kappa shape index (κ1) is 17.8. The highest BCUT2D eigenvalue weighted by molar-refractivity contribution is 7.80. The molecule has 4 N–H and O–H groups in total. The van der Waals surface area contributed by atoms with Crippen LogP contribution in [0.15, 0.2) is 0 Å². The largest absolute Gasteiger partial charge is 0.480 e. The molecule has 0 bridgehead atoms. The molecule has 0 aliphatic carbocycles. The van der Waals surface area contributed by atoms with Crippen LogP contribution in [0.2, 0.25) is 0 Å². The van der Waals surface area contributed by atoms with E-state index in [0.29, 0.717) is 31.5 Å². The average Bonchev–Trinajstić information content (AvgIpc) is 2.97. The summed E-state index contributed by atoms with van der Waals surface area (Å²) >= 11 is 5.04. The van der Waals surface area contributed by atoms with Crippen LogP contribution >= 0.6 is 12.2 Å². The van der Waals surface area contributed by atoms with Crippen molar-refractivity contribution >= 4 is 29.8 Å². The Bertz CT molecular complexity index is 483. The number of tetrazole rings is 1. The van der Waals surface area contributed by atoms with Gasteiger partial charge in [0.2, 0.25) is 0 Å². The third-order valence-electron chi connectivity index (χ3n) is 2.71. The molecule has 1 aromatic heterocycles. The van der Waals surface area contributed by atoms with E-state index in [1.54, 1.807) is 0 Å². The number of hydrogen-bond donors (Lipinski definition) is 4. The van der Waals surface area contributed by atoms with E-state index in [9.17, 15) is 9.59 Å². The van der Waals surface area contributed by atoms with Crippen LogP contribution in [-0.4, -0.2) is 55.6 Å². The second kappa shape index (κ2) is 9.60. The Morgan fingerprint density at radius 1 is 1.50 bits per heavy atom. The zero-order valence-corrected chi connectivity index (χ0v) is 12.8. The lowest BCUT2D eigenvalue weighted by atomic mass is 10.2. The molecule has 11 heteroatoms. The first-order valence-corrected chi connectivity index (χ1v) is 7.08. The molecule has 0 fully saturated rings. The molecule has 122 valence electrons. The standard InChI is InChI=1S/C11H18N6O4S/c1-2-3-7(10(19)20)12-11(22)13-9(21-6-18)5-4-8-14-16-17-15-8/h6-7,9H,2-5H2,1H3,(H,19,20)(H2,12,13,22)(H,14,15,16,17)/t7-,9+/m0/s1. The molecule has 0 spiro atoms. The van der Waals surface area contributed by atoms with Crippen molar-refractivity contribution in [1.29, 1.82) is 0 Å². The summed E-state index contributed by atoms with van der Waals surface area (Å²) < 4.78 is 4.86. The SMILES string of the molecule is CCC[C@H](NC(=S)N[C@@H](CCc1nn[nH]n1)OC=O)C(=O)O. The maximum atomic E-state index is 11.1. The molecule has 1 rings (SSSR count). The van der Waals surface area contributed by atoms with E-state index in [1.807, 2.05) is 6.92 Å². The third kappa shape index (κ3) is 6.43. The van der Waals surface area contributed by atoms with Crippen molar-refractivity contribution in [3.05, 3.63) is 5.82 Å². The molecule has 2 atom stereocenters. The predicted octanol–water partition coefficient (Wildman–Crippen LogP) is -0.651. The van der Waals surface area contributed by atoms with E-state index < -0.39 is 18.2 Å². The Balaban J connectivity index is 2.48. The number of carbonyl (C=O) groups is 2. The van der Waals surface area contributed by atoms with Gasteiger partial charge in [-0.2, -0.15) is 5.21 Å². The molecule has 0 aliphatic heterocycles. The summed E-state index contributed by atoms with van der Waals surface area (Å²) in [4.78, 5) is 21.6. The lowest BCUT2D eigenvalue weighted by Gasteiger charge is -2.21. The molecule has 1 heterocycles. The number of nitrogens with one attached hydrogen (secondary N) is 3. The van der Waals surface area contributed by atoms with E-state index in [0.717, 1.165) is 0 Å². The fourth-order valence-electron chi connectivity index (χ4n) is 1.68. The van der Waals surface area contributed by atoms with E-state index in [1.165, 1.54) is 0 Å². The van der Waals surface area contributed by atoms with Crippen molar-refractivity contribution in [3.63, 3.8) is 0 Å². The molecule has 0 amide bonds. The quantitative estimate of drug-likeness (QED) is 0.248. The fraction of sp³-hybridized carbons (Fsp3) is 0.636. The molecule has 0 aliphatic rings. The van der Waals surface area contributed by atoms with Crippen LogP contribution < -0.4 is 10.6 Å². The number of aliphatic carboxylic acids is 1. The number of aromatic amines is 1. The minimum absolute atomic E-state index is 0.0980. The maximum Gasteiger partial charge on any atom is 0.326 e. The molecule has 0 saturated carbocycles. The van der Waals surface area contributed by atoms with Gasteiger partial charge in [-0.1, -0.05) is 18.6 Å². The summed E-state index contributed by atoms with van der Waals surface area (Å²) in [7, 11) is 0. The van der Waals surface area contributed by atoms with Gasteiger partial charge in [0.15, 0.2) is 17.2 Å². The van der Waals surface area contributed by atoms with Gasteiger partial charge in [0.05, 0.1) is 0 Å². The summed E-state index contributed by atoms with van der Waals surface area (Å²) in [5.74, 6) is -0.528. The molecule has 10 nitrogen and oxygen atoms in total. The summed E-state index contributed by atoms with van der Waals surface area (Å²) in [5.41, 5.74) is 0. The Hall–Kier alpha value is -2.30. The molecule has 0 aromatic carbocycles. The van der Waals surface area contributed by atoms with E-state index in [2.05, 4.69) is 31.3 Å².